The summed E-state index contributed by atoms with van der Waals surface area (Å²) in [4.78, 5) is 10.0. The minimum absolute atomic E-state index is 0.0208. The summed E-state index contributed by atoms with van der Waals surface area (Å²) < 4.78 is 9.15. The number of ether oxygens (including phenoxy) is 1. The van der Waals surface area contributed by atoms with Crippen molar-refractivity contribution < 1.29 is 4.74 Å². The number of anilines is 4. The molecule has 3 heterocycles. The van der Waals surface area contributed by atoms with Gasteiger partial charge in [0, 0.05) is 40.2 Å². The van der Waals surface area contributed by atoms with Gasteiger partial charge in [-0.1, -0.05) is 146 Å². The van der Waals surface area contributed by atoms with Crippen molar-refractivity contribution in [3.05, 3.63) is 180 Å². The Balaban J connectivity index is 1.02. The number of rotatable bonds is 7. The van der Waals surface area contributed by atoms with E-state index >= 15 is 0 Å². The van der Waals surface area contributed by atoms with Crippen molar-refractivity contribution >= 4 is 44.6 Å². The average molecular weight is 801 g/mol. The van der Waals surface area contributed by atoms with E-state index in [4.69, 9.17) is 9.72 Å². The molecule has 6 aromatic carbocycles. The van der Waals surface area contributed by atoms with Gasteiger partial charge in [-0.2, -0.15) is 0 Å². The van der Waals surface area contributed by atoms with Crippen LogP contribution in [0.4, 0.5) is 22.7 Å². The summed E-state index contributed by atoms with van der Waals surface area (Å²) in [6, 6.07) is 55.1. The molecule has 1 fully saturated rings. The molecule has 8 aromatic rings. The van der Waals surface area contributed by atoms with E-state index in [0.29, 0.717) is 6.67 Å². The number of fused-ring (bicyclic) bond motifs is 4. The summed E-state index contributed by atoms with van der Waals surface area (Å²) in [7, 11) is 0. The Hall–Kier alpha value is -6.33. The molecule has 306 valence electrons. The van der Waals surface area contributed by atoms with Gasteiger partial charge in [0.1, 0.15) is 24.0 Å². The largest absolute Gasteiger partial charge is 0.457 e. The number of hydrogen-bond donors (Lipinski definition) is 0. The third kappa shape index (κ3) is 6.85. The number of para-hydroxylation sites is 4. The number of pyridine rings is 1. The molecule has 10 rings (SSSR count). The van der Waals surface area contributed by atoms with Crippen LogP contribution in [0.25, 0.3) is 27.6 Å². The maximum Gasteiger partial charge on any atom is 0.137 e. The fourth-order valence-electron chi connectivity index (χ4n) is 10.3. The van der Waals surface area contributed by atoms with Gasteiger partial charge in [-0.25, -0.2) is 4.98 Å². The Bertz CT molecular complexity index is 2860. The Morgan fingerprint density at radius 1 is 0.525 bits per heavy atom. The van der Waals surface area contributed by atoms with E-state index in [1.54, 1.807) is 0 Å². The summed E-state index contributed by atoms with van der Waals surface area (Å²) in [5.41, 5.74) is 12.4. The maximum absolute atomic E-state index is 6.82. The lowest BCUT2D eigenvalue weighted by Crippen LogP contribution is -2.30. The van der Waals surface area contributed by atoms with Crippen LogP contribution >= 0.6 is 0 Å². The van der Waals surface area contributed by atoms with Crippen molar-refractivity contribution in [3.8, 4) is 17.3 Å². The third-order valence-corrected chi connectivity index (χ3v) is 13.2. The van der Waals surface area contributed by atoms with Crippen LogP contribution in [-0.4, -0.2) is 16.2 Å². The molecule has 61 heavy (non-hydrogen) atoms. The van der Waals surface area contributed by atoms with Crippen molar-refractivity contribution in [3.63, 3.8) is 0 Å². The van der Waals surface area contributed by atoms with Gasteiger partial charge in [0.2, 0.25) is 0 Å². The molecular weight excluding hydrogens is 745 g/mol. The summed E-state index contributed by atoms with van der Waals surface area (Å²) >= 11 is 0. The first-order valence-electron chi connectivity index (χ1n) is 22.1. The second kappa shape index (κ2) is 15.0. The highest BCUT2D eigenvalue weighted by atomic mass is 16.5. The van der Waals surface area contributed by atoms with Gasteiger partial charge < -0.3 is 14.5 Å². The normalized spacial score (nSPS) is 15.4. The van der Waals surface area contributed by atoms with Crippen LogP contribution in [0.5, 0.6) is 11.5 Å². The Kier molecular flexibility index (Phi) is 9.54. The van der Waals surface area contributed by atoms with Gasteiger partial charge in [0.15, 0.2) is 0 Å². The van der Waals surface area contributed by atoms with E-state index in [2.05, 4.69) is 208 Å². The molecule has 0 bridgehead atoms. The fourth-order valence-corrected chi connectivity index (χ4v) is 10.3. The quantitative estimate of drug-likeness (QED) is 0.161. The minimum atomic E-state index is -0.0297. The molecule has 0 spiro atoms. The number of benzene rings is 6. The standard InChI is InChI=1S/C56H56N4O/c1-54(2,3)46-24-18-25-47(55(4,5)6)53(46)59-38-58(49-27-13-14-28-50(49)59)41-21-17-22-42(36-41)61-43-29-30-45-44-23-11-12-26-48(44)60(51(45)37-43)52-35-40(31-34-57-52)56(32-15-8-16-33-56)39-19-9-7-10-20-39/h7,9-14,17-31,34-37H,8,15-16,32-33,38H2,1-6H3. The predicted octanol–water partition coefficient (Wildman–Crippen LogP) is 15.1. The zero-order valence-electron chi connectivity index (χ0n) is 36.5. The van der Waals surface area contributed by atoms with Crippen LogP contribution in [0.2, 0.25) is 0 Å². The third-order valence-electron chi connectivity index (χ3n) is 13.2. The van der Waals surface area contributed by atoms with Crippen molar-refractivity contribution in [1.29, 1.82) is 0 Å². The number of hydrogen-bond acceptors (Lipinski definition) is 4. The van der Waals surface area contributed by atoms with Gasteiger partial charge in [-0.15, -0.1) is 0 Å². The topological polar surface area (TPSA) is 33.5 Å². The van der Waals surface area contributed by atoms with Gasteiger partial charge >= 0.3 is 0 Å². The molecule has 0 atom stereocenters. The fraction of sp³-hybridized carbons (Fsp3) is 0.268. The molecular formula is C56H56N4O. The second-order valence-electron chi connectivity index (χ2n) is 19.2. The van der Waals surface area contributed by atoms with Crippen molar-refractivity contribution in [2.45, 2.75) is 89.9 Å². The van der Waals surface area contributed by atoms with Crippen LogP contribution in [0.1, 0.15) is 95.9 Å². The lowest BCUT2D eigenvalue weighted by atomic mass is 9.65. The molecule has 1 saturated carbocycles. The highest BCUT2D eigenvalue weighted by molar-refractivity contribution is 6.09. The number of aromatic nitrogens is 2. The van der Waals surface area contributed by atoms with Crippen molar-refractivity contribution in [2.75, 3.05) is 16.5 Å². The maximum atomic E-state index is 6.82. The monoisotopic (exact) mass is 800 g/mol. The zero-order chi connectivity index (χ0) is 41.9. The van der Waals surface area contributed by atoms with Crippen LogP contribution in [0.15, 0.2) is 158 Å². The second-order valence-corrected chi connectivity index (χ2v) is 19.2. The van der Waals surface area contributed by atoms with Crippen molar-refractivity contribution in [2.24, 2.45) is 0 Å². The molecule has 0 radical (unpaired) electrons. The summed E-state index contributed by atoms with van der Waals surface area (Å²) in [5, 5.41) is 2.38. The van der Waals surface area contributed by atoms with Crippen LogP contribution in [0, 0.1) is 0 Å². The van der Waals surface area contributed by atoms with Crippen LogP contribution in [0.3, 0.4) is 0 Å². The Morgan fingerprint density at radius 3 is 1.90 bits per heavy atom. The van der Waals surface area contributed by atoms with E-state index in [-0.39, 0.29) is 16.2 Å². The average Bonchev–Trinajstić information content (AvgIpc) is 3.82. The summed E-state index contributed by atoms with van der Waals surface area (Å²) in [6.45, 7) is 14.6. The van der Waals surface area contributed by atoms with E-state index in [9.17, 15) is 0 Å². The van der Waals surface area contributed by atoms with Gasteiger partial charge in [-0.3, -0.25) is 4.57 Å². The van der Waals surface area contributed by atoms with E-state index in [1.165, 1.54) is 69.4 Å². The van der Waals surface area contributed by atoms with Crippen LogP contribution < -0.4 is 14.5 Å². The SMILES string of the molecule is CC(C)(C)c1cccc(C(C)(C)C)c1N1CN(c2cccc(Oc3ccc4c5ccccc5n(-c5cc(C6(c7ccccc7)CCCCC6)ccn5)c4c3)c2)c2ccccc21. The minimum Gasteiger partial charge on any atom is -0.457 e. The Labute approximate surface area is 361 Å². The number of nitrogens with zero attached hydrogens (tertiary/aromatic N) is 4. The van der Waals surface area contributed by atoms with E-state index in [1.807, 2.05) is 6.20 Å². The highest BCUT2D eigenvalue weighted by Gasteiger charge is 2.37. The highest BCUT2D eigenvalue weighted by Crippen LogP contribution is 2.50. The van der Waals surface area contributed by atoms with Gasteiger partial charge in [0.25, 0.3) is 0 Å². The van der Waals surface area contributed by atoms with Gasteiger partial charge in [0.05, 0.1) is 28.1 Å². The molecule has 0 unspecified atom stereocenters. The zero-order valence-corrected chi connectivity index (χ0v) is 36.5. The molecule has 2 aromatic heterocycles. The first-order chi connectivity index (χ1) is 29.5. The summed E-state index contributed by atoms with van der Waals surface area (Å²) in [6.07, 6.45) is 8.06. The first kappa shape index (κ1) is 38.8. The lowest BCUT2D eigenvalue weighted by molar-refractivity contribution is 0.345. The first-order valence-corrected chi connectivity index (χ1v) is 22.1. The molecule has 2 aliphatic rings. The smallest absolute Gasteiger partial charge is 0.137 e. The lowest BCUT2D eigenvalue weighted by Gasteiger charge is -2.38. The molecule has 0 N–H and O–H groups in total. The molecule has 1 aliphatic carbocycles. The predicted molar refractivity (Wildman–Crippen MR) is 255 cm³/mol. The molecule has 1 aliphatic heterocycles. The Morgan fingerprint density at radius 2 is 1.16 bits per heavy atom. The van der Waals surface area contributed by atoms with Gasteiger partial charge in [-0.05, 0) is 101 Å². The molecule has 0 amide bonds. The molecule has 0 saturated heterocycles. The summed E-state index contributed by atoms with van der Waals surface area (Å²) in [5.74, 6) is 2.52. The van der Waals surface area contributed by atoms with Crippen molar-refractivity contribution in [1.82, 2.24) is 9.55 Å². The van der Waals surface area contributed by atoms with E-state index < -0.39 is 0 Å². The van der Waals surface area contributed by atoms with Crippen LogP contribution in [-0.2, 0) is 16.2 Å². The van der Waals surface area contributed by atoms with E-state index in [0.717, 1.165) is 46.9 Å². The molecule has 5 nitrogen and oxygen atoms in total. The molecule has 5 heteroatoms.